The van der Waals surface area contributed by atoms with Gasteiger partial charge in [0.1, 0.15) is 11.5 Å². The Morgan fingerprint density at radius 3 is 2.49 bits per heavy atom. The van der Waals surface area contributed by atoms with Crippen molar-refractivity contribution in [3.63, 3.8) is 0 Å². The van der Waals surface area contributed by atoms with E-state index in [2.05, 4.69) is 31.2 Å². The summed E-state index contributed by atoms with van der Waals surface area (Å²) in [6, 6.07) is 13.9. The predicted molar refractivity (Wildman–Crippen MR) is 142 cm³/mol. The zero-order chi connectivity index (χ0) is 27.0. The highest BCUT2D eigenvalue weighted by Crippen LogP contribution is 2.40. The van der Waals surface area contributed by atoms with Gasteiger partial charge in [-0.1, -0.05) is 39.7 Å². The monoisotopic (exact) mass is 536 g/mol. The van der Waals surface area contributed by atoms with Crippen molar-refractivity contribution in [3.05, 3.63) is 48.0 Å². The molecular formula is C29H35F3O4S. The first-order valence-electron chi connectivity index (χ1n) is 12.7. The Balaban J connectivity index is 1.73. The molecule has 0 aliphatic rings. The first-order valence-corrected chi connectivity index (χ1v) is 13.5. The van der Waals surface area contributed by atoms with Crippen molar-refractivity contribution in [2.45, 2.75) is 59.1 Å². The van der Waals surface area contributed by atoms with E-state index in [1.807, 2.05) is 12.1 Å². The molecule has 0 saturated carbocycles. The van der Waals surface area contributed by atoms with Crippen molar-refractivity contribution in [2.75, 3.05) is 20.3 Å². The van der Waals surface area contributed by atoms with E-state index in [0.29, 0.717) is 5.75 Å². The van der Waals surface area contributed by atoms with E-state index < -0.39 is 30.4 Å². The normalized spacial score (nSPS) is 12.6. The molecule has 1 unspecified atom stereocenters. The maximum atomic E-state index is 13.0. The largest absolute Gasteiger partial charge is 0.496 e. The second-order valence-electron chi connectivity index (χ2n) is 9.58. The fourth-order valence-corrected chi connectivity index (χ4v) is 5.10. The van der Waals surface area contributed by atoms with Crippen molar-refractivity contribution < 1.29 is 32.2 Å². The molecular weight excluding hydrogens is 501 g/mol. The summed E-state index contributed by atoms with van der Waals surface area (Å²) in [5.41, 5.74) is 2.25. The number of methoxy groups -OCH3 is 1. The molecule has 3 rings (SSSR count). The number of aryl methyl sites for hydroxylation is 1. The maximum absolute atomic E-state index is 13.0. The fraction of sp³-hybridized carbons (Fsp3) is 0.483. The standard InChI is InChI=1S/C29H35F3O4S/c1-5-6-7-8-20-9-12-24(25(13-20)34-4)27-14-22-10-11-23(15-26(22)37-27)35-17-21(16-29(30,31)32)18-36-28(33)19(2)3/h9-15,19,21H,5-8,16-18H2,1-4H3. The van der Waals surface area contributed by atoms with Crippen molar-refractivity contribution >= 4 is 27.4 Å². The predicted octanol–water partition coefficient (Wildman–Crippen LogP) is 8.46. The van der Waals surface area contributed by atoms with E-state index in [1.54, 1.807) is 38.4 Å². The second kappa shape index (κ2) is 13.2. The van der Waals surface area contributed by atoms with Crippen LogP contribution in [0.1, 0.15) is 52.0 Å². The minimum Gasteiger partial charge on any atom is -0.496 e. The summed E-state index contributed by atoms with van der Waals surface area (Å²) in [5, 5.41) is 1.01. The number of carbonyl (C=O) groups is 1. The Labute approximate surface area is 220 Å². The van der Waals surface area contributed by atoms with Crippen LogP contribution in [0.2, 0.25) is 0 Å². The first kappa shape index (κ1) is 28.8. The molecule has 4 nitrogen and oxygen atoms in total. The van der Waals surface area contributed by atoms with Crippen LogP contribution in [-0.2, 0) is 16.0 Å². The summed E-state index contributed by atoms with van der Waals surface area (Å²) in [6.45, 7) is 4.92. The molecule has 0 aliphatic heterocycles. The lowest BCUT2D eigenvalue weighted by Gasteiger charge is -2.20. The van der Waals surface area contributed by atoms with Gasteiger partial charge in [-0.3, -0.25) is 4.79 Å². The van der Waals surface area contributed by atoms with Crippen molar-refractivity contribution in [1.29, 1.82) is 0 Å². The molecule has 0 spiro atoms. The third kappa shape index (κ3) is 8.66. The number of carbonyl (C=O) groups excluding carboxylic acids is 1. The molecule has 37 heavy (non-hydrogen) atoms. The van der Waals surface area contributed by atoms with Crippen molar-refractivity contribution in [3.8, 4) is 21.9 Å². The van der Waals surface area contributed by atoms with Crippen LogP contribution in [0.5, 0.6) is 11.5 Å². The van der Waals surface area contributed by atoms with Gasteiger partial charge in [0, 0.05) is 21.1 Å². The zero-order valence-corrected chi connectivity index (χ0v) is 22.6. The molecule has 8 heteroatoms. The Morgan fingerprint density at radius 2 is 1.81 bits per heavy atom. The average Bonchev–Trinajstić information content (AvgIpc) is 3.27. The molecule has 1 heterocycles. The summed E-state index contributed by atoms with van der Waals surface area (Å²) in [5.74, 6) is -0.621. The summed E-state index contributed by atoms with van der Waals surface area (Å²) in [6.07, 6.45) is -0.923. The quantitative estimate of drug-likeness (QED) is 0.162. The number of esters is 1. The lowest BCUT2D eigenvalue weighted by molar-refractivity contribution is -0.162. The molecule has 1 aromatic heterocycles. The molecule has 0 aliphatic carbocycles. The Morgan fingerprint density at radius 1 is 1.03 bits per heavy atom. The van der Waals surface area contributed by atoms with Gasteiger partial charge in [-0.25, -0.2) is 0 Å². The summed E-state index contributed by atoms with van der Waals surface area (Å²) in [7, 11) is 1.67. The van der Waals surface area contributed by atoms with E-state index >= 15 is 0 Å². The van der Waals surface area contributed by atoms with Gasteiger partial charge in [0.2, 0.25) is 0 Å². The van der Waals surface area contributed by atoms with Crippen LogP contribution in [0, 0.1) is 11.8 Å². The highest BCUT2D eigenvalue weighted by Gasteiger charge is 2.33. The maximum Gasteiger partial charge on any atom is 0.389 e. The summed E-state index contributed by atoms with van der Waals surface area (Å²) >= 11 is 1.57. The van der Waals surface area contributed by atoms with Gasteiger partial charge in [0.05, 0.1) is 32.7 Å². The molecule has 0 fully saturated rings. The van der Waals surface area contributed by atoms with E-state index in [-0.39, 0.29) is 13.2 Å². The summed E-state index contributed by atoms with van der Waals surface area (Å²) in [4.78, 5) is 12.8. The number of rotatable bonds is 13. The van der Waals surface area contributed by atoms with Gasteiger partial charge in [0.25, 0.3) is 0 Å². The average molecular weight is 537 g/mol. The van der Waals surface area contributed by atoms with E-state index in [1.165, 1.54) is 18.4 Å². The van der Waals surface area contributed by atoms with Gasteiger partial charge < -0.3 is 14.2 Å². The number of alkyl halides is 3. The number of thiophene rings is 1. The highest BCUT2D eigenvalue weighted by atomic mass is 32.1. The molecule has 0 radical (unpaired) electrons. The first-order chi connectivity index (χ1) is 17.6. The second-order valence-corrected chi connectivity index (χ2v) is 10.7. The summed E-state index contributed by atoms with van der Waals surface area (Å²) < 4.78 is 56.6. The van der Waals surface area contributed by atoms with Crippen LogP contribution in [-0.4, -0.2) is 32.5 Å². The van der Waals surface area contributed by atoms with Gasteiger partial charge in [0.15, 0.2) is 0 Å². The Bertz CT molecular complexity index is 1170. The van der Waals surface area contributed by atoms with Crippen LogP contribution in [0.3, 0.4) is 0 Å². The fourth-order valence-electron chi connectivity index (χ4n) is 3.98. The third-order valence-corrected chi connectivity index (χ3v) is 7.16. The molecule has 0 saturated heterocycles. The van der Waals surface area contributed by atoms with Crippen LogP contribution < -0.4 is 9.47 Å². The highest BCUT2D eigenvalue weighted by molar-refractivity contribution is 7.22. The molecule has 2 aromatic carbocycles. The molecule has 0 amide bonds. The van der Waals surface area contributed by atoms with Gasteiger partial charge in [-0.2, -0.15) is 13.2 Å². The third-order valence-electron chi connectivity index (χ3n) is 6.03. The number of hydrogen-bond donors (Lipinski definition) is 0. The molecule has 202 valence electrons. The van der Waals surface area contributed by atoms with Gasteiger partial charge >= 0.3 is 12.1 Å². The lowest BCUT2D eigenvalue weighted by Crippen LogP contribution is -2.27. The number of unbranched alkanes of at least 4 members (excludes halogenated alkanes) is 2. The topological polar surface area (TPSA) is 44.8 Å². The zero-order valence-electron chi connectivity index (χ0n) is 21.8. The van der Waals surface area contributed by atoms with Gasteiger partial charge in [-0.05, 0) is 60.2 Å². The van der Waals surface area contributed by atoms with Crippen LogP contribution in [0.4, 0.5) is 13.2 Å². The smallest absolute Gasteiger partial charge is 0.389 e. The minimum atomic E-state index is -4.38. The Hall–Kier alpha value is -2.74. The van der Waals surface area contributed by atoms with Crippen molar-refractivity contribution in [2.24, 2.45) is 11.8 Å². The van der Waals surface area contributed by atoms with Crippen LogP contribution >= 0.6 is 11.3 Å². The molecule has 1 atom stereocenters. The molecule has 0 bridgehead atoms. The van der Waals surface area contributed by atoms with Crippen molar-refractivity contribution in [1.82, 2.24) is 0 Å². The Kier molecular flexibility index (Phi) is 10.3. The van der Waals surface area contributed by atoms with E-state index in [0.717, 1.165) is 39.1 Å². The molecule has 0 N–H and O–H groups in total. The van der Waals surface area contributed by atoms with E-state index in [4.69, 9.17) is 14.2 Å². The minimum absolute atomic E-state index is 0.206. The van der Waals surface area contributed by atoms with Gasteiger partial charge in [-0.15, -0.1) is 11.3 Å². The SMILES string of the molecule is CCCCCc1ccc(-c2cc3ccc(OCC(COC(=O)C(C)C)CC(F)(F)F)cc3s2)c(OC)c1. The number of fused-ring (bicyclic) bond motifs is 1. The van der Waals surface area contributed by atoms with Crippen LogP contribution in [0.25, 0.3) is 20.5 Å². The molecule has 3 aromatic rings. The number of ether oxygens (including phenoxy) is 3. The number of halogens is 3. The van der Waals surface area contributed by atoms with Crippen LogP contribution in [0.15, 0.2) is 42.5 Å². The number of benzene rings is 2. The number of hydrogen-bond acceptors (Lipinski definition) is 5. The van der Waals surface area contributed by atoms with E-state index in [9.17, 15) is 18.0 Å². The lowest BCUT2D eigenvalue weighted by atomic mass is 10.0.